The van der Waals surface area contributed by atoms with Crippen LogP contribution in [0.5, 0.6) is 5.75 Å². The lowest BCUT2D eigenvalue weighted by Gasteiger charge is -2.14. The van der Waals surface area contributed by atoms with Crippen molar-refractivity contribution in [2.75, 3.05) is 0 Å². The van der Waals surface area contributed by atoms with Crippen LogP contribution in [0.1, 0.15) is 0 Å². The van der Waals surface area contributed by atoms with Crippen LogP contribution in [0.25, 0.3) is 0 Å². The predicted molar refractivity (Wildman–Crippen MR) is 64.8 cm³/mol. The van der Waals surface area contributed by atoms with E-state index in [-0.39, 0.29) is 10.8 Å². The molecule has 0 aliphatic rings. The van der Waals surface area contributed by atoms with E-state index in [1.165, 1.54) is 12.1 Å². The van der Waals surface area contributed by atoms with E-state index in [1.54, 1.807) is 0 Å². The Morgan fingerprint density at radius 3 is 2.07 bits per heavy atom. The maximum Gasteiger partial charge on any atom is 0.242 e. The van der Waals surface area contributed by atoms with Gasteiger partial charge in [-0.2, -0.15) is 0 Å². The molecule has 0 aliphatic carbocycles. The fraction of sp³-hybridized carbons (Fsp3) is 0. The summed E-state index contributed by atoms with van der Waals surface area (Å²) in [6.45, 7) is -2.80. The SMILES string of the molecule is NP(N)(=S)Oc1cc(Cl)c(Cl)cc1Cl. The first-order valence-electron chi connectivity index (χ1n) is 3.31. The molecule has 0 saturated heterocycles. The molecule has 4 N–H and O–H groups in total. The second kappa shape index (κ2) is 4.54. The molecule has 0 saturated carbocycles. The summed E-state index contributed by atoms with van der Waals surface area (Å²) in [4.78, 5) is 0. The molecule has 0 heterocycles. The first kappa shape index (κ1) is 12.5. The average Bonchev–Trinajstić information content (AvgIpc) is 1.97. The van der Waals surface area contributed by atoms with Gasteiger partial charge in [-0.25, -0.2) is 0 Å². The second-order valence-corrected chi connectivity index (χ2v) is 6.84. The quantitative estimate of drug-likeness (QED) is 0.649. The summed E-state index contributed by atoms with van der Waals surface area (Å²) in [6, 6.07) is 2.86. The van der Waals surface area contributed by atoms with Crippen LogP contribution in [-0.4, -0.2) is 0 Å². The fourth-order valence-corrected chi connectivity index (χ4v) is 2.06. The molecule has 1 rings (SSSR count). The summed E-state index contributed by atoms with van der Waals surface area (Å²) in [5.41, 5.74) is 10.7. The Bertz CT molecular complexity index is 408. The molecular formula is C6H6Cl3N2OPS. The summed E-state index contributed by atoms with van der Waals surface area (Å²) in [6.07, 6.45) is 0. The van der Waals surface area contributed by atoms with Crippen molar-refractivity contribution in [3.8, 4) is 5.75 Å². The minimum Gasteiger partial charge on any atom is -0.440 e. The minimum atomic E-state index is -2.80. The highest BCUT2D eigenvalue weighted by molar-refractivity contribution is 8.10. The smallest absolute Gasteiger partial charge is 0.242 e. The van der Waals surface area contributed by atoms with Crippen molar-refractivity contribution >= 4 is 53.2 Å². The normalized spacial score (nSPS) is 11.5. The highest BCUT2D eigenvalue weighted by Crippen LogP contribution is 2.39. The van der Waals surface area contributed by atoms with Crippen molar-refractivity contribution in [3.63, 3.8) is 0 Å². The topological polar surface area (TPSA) is 61.3 Å². The minimum absolute atomic E-state index is 0.245. The Balaban J connectivity index is 3.11. The van der Waals surface area contributed by atoms with E-state index in [4.69, 9.17) is 62.1 Å². The Labute approximate surface area is 101 Å². The number of nitrogens with two attached hydrogens (primary N) is 2. The van der Waals surface area contributed by atoms with Crippen LogP contribution in [0.3, 0.4) is 0 Å². The molecule has 14 heavy (non-hydrogen) atoms. The highest BCUT2D eigenvalue weighted by Gasteiger charge is 2.12. The van der Waals surface area contributed by atoms with Crippen molar-refractivity contribution in [3.05, 3.63) is 27.2 Å². The van der Waals surface area contributed by atoms with Crippen LogP contribution in [0, 0.1) is 0 Å². The van der Waals surface area contributed by atoms with Gasteiger partial charge >= 0.3 is 0 Å². The summed E-state index contributed by atoms with van der Waals surface area (Å²) >= 11 is 22.0. The Kier molecular flexibility index (Phi) is 4.06. The second-order valence-electron chi connectivity index (χ2n) is 2.43. The van der Waals surface area contributed by atoms with Crippen molar-refractivity contribution < 1.29 is 4.52 Å². The van der Waals surface area contributed by atoms with Gasteiger partial charge in [-0.3, -0.25) is 11.0 Å². The maximum atomic E-state index is 5.80. The summed E-state index contributed by atoms with van der Waals surface area (Å²) in [7, 11) is 0. The average molecular weight is 292 g/mol. The fourth-order valence-electron chi connectivity index (χ4n) is 0.728. The molecule has 0 aromatic heterocycles. The number of hydrogen-bond acceptors (Lipinski definition) is 2. The van der Waals surface area contributed by atoms with Crippen molar-refractivity contribution in [1.29, 1.82) is 0 Å². The third-order valence-electron chi connectivity index (χ3n) is 1.22. The van der Waals surface area contributed by atoms with Gasteiger partial charge in [-0.1, -0.05) is 34.8 Å². The molecule has 0 aliphatic heterocycles. The third kappa shape index (κ3) is 3.55. The Hall–Kier alpha value is 0.460. The van der Waals surface area contributed by atoms with Gasteiger partial charge in [0.15, 0.2) is 0 Å². The molecule has 0 bridgehead atoms. The van der Waals surface area contributed by atoms with E-state index in [0.717, 1.165) is 0 Å². The van der Waals surface area contributed by atoms with Gasteiger partial charge in [0.05, 0.1) is 15.1 Å². The summed E-state index contributed by atoms with van der Waals surface area (Å²) in [5, 5.41) is 0.894. The molecule has 0 amide bonds. The van der Waals surface area contributed by atoms with E-state index in [9.17, 15) is 0 Å². The molecule has 0 radical (unpaired) electrons. The lowest BCUT2D eigenvalue weighted by molar-refractivity contribution is 0.613. The van der Waals surface area contributed by atoms with Crippen molar-refractivity contribution in [2.24, 2.45) is 11.0 Å². The molecule has 78 valence electrons. The van der Waals surface area contributed by atoms with Crippen LogP contribution >= 0.6 is 41.4 Å². The molecule has 0 atom stereocenters. The number of rotatable bonds is 2. The first-order valence-corrected chi connectivity index (χ1v) is 7.30. The van der Waals surface area contributed by atoms with Crippen LogP contribution in [0.15, 0.2) is 12.1 Å². The van der Waals surface area contributed by atoms with Crippen LogP contribution in [0.4, 0.5) is 0 Å². The van der Waals surface area contributed by atoms with E-state index in [0.29, 0.717) is 10.0 Å². The summed E-state index contributed by atoms with van der Waals surface area (Å²) in [5.74, 6) is 0.245. The molecule has 8 heteroatoms. The highest BCUT2D eigenvalue weighted by atomic mass is 35.5. The molecule has 0 fully saturated rings. The number of benzene rings is 1. The van der Waals surface area contributed by atoms with E-state index >= 15 is 0 Å². The molecule has 0 unspecified atom stereocenters. The Morgan fingerprint density at radius 1 is 1.07 bits per heavy atom. The molecular weight excluding hydrogens is 285 g/mol. The number of halogens is 3. The predicted octanol–water partition coefficient (Wildman–Crippen LogP) is 3.17. The molecule has 0 spiro atoms. The van der Waals surface area contributed by atoms with Gasteiger partial charge in [0.25, 0.3) is 0 Å². The van der Waals surface area contributed by atoms with E-state index in [2.05, 4.69) is 0 Å². The van der Waals surface area contributed by atoms with E-state index in [1.807, 2.05) is 0 Å². The van der Waals surface area contributed by atoms with E-state index < -0.39 is 6.57 Å². The molecule has 1 aromatic rings. The monoisotopic (exact) mass is 290 g/mol. The molecule has 1 aromatic carbocycles. The van der Waals surface area contributed by atoms with Crippen LogP contribution in [-0.2, 0) is 11.8 Å². The zero-order valence-electron chi connectivity index (χ0n) is 6.71. The van der Waals surface area contributed by atoms with Gasteiger partial charge in [-0.05, 0) is 17.9 Å². The standard InChI is InChI=1S/C6H6Cl3N2OPS/c7-3-1-5(9)6(2-4(3)8)12-13(10,11)14/h1-2H,(H4,10,11,14). The van der Waals surface area contributed by atoms with Gasteiger partial charge in [0.1, 0.15) is 5.75 Å². The van der Waals surface area contributed by atoms with Crippen molar-refractivity contribution in [1.82, 2.24) is 0 Å². The Morgan fingerprint density at radius 2 is 1.57 bits per heavy atom. The zero-order chi connectivity index (χ0) is 10.9. The zero-order valence-corrected chi connectivity index (χ0v) is 10.7. The number of hydrogen-bond donors (Lipinski definition) is 2. The lowest BCUT2D eigenvalue weighted by atomic mass is 10.3. The van der Waals surface area contributed by atoms with Gasteiger partial charge in [-0.15, -0.1) is 0 Å². The third-order valence-corrected chi connectivity index (χ3v) is 2.94. The first-order chi connectivity index (χ1) is 6.29. The van der Waals surface area contributed by atoms with Crippen molar-refractivity contribution in [2.45, 2.75) is 0 Å². The maximum absolute atomic E-state index is 5.80. The van der Waals surface area contributed by atoms with Gasteiger partial charge in [0, 0.05) is 6.07 Å². The summed E-state index contributed by atoms with van der Waals surface area (Å²) < 4.78 is 5.07. The van der Waals surface area contributed by atoms with Crippen LogP contribution in [0.2, 0.25) is 15.1 Å². The lowest BCUT2D eigenvalue weighted by Crippen LogP contribution is -2.10. The molecule has 3 nitrogen and oxygen atoms in total. The van der Waals surface area contributed by atoms with Crippen LogP contribution < -0.4 is 15.5 Å². The van der Waals surface area contributed by atoms with Gasteiger partial charge in [0.2, 0.25) is 6.57 Å². The largest absolute Gasteiger partial charge is 0.440 e. The van der Waals surface area contributed by atoms with Gasteiger partial charge < -0.3 is 4.52 Å².